The van der Waals surface area contributed by atoms with Gasteiger partial charge in [0.1, 0.15) is 11.9 Å². The monoisotopic (exact) mass is 249 g/mol. The lowest BCUT2D eigenvalue weighted by molar-refractivity contribution is 0.192. The van der Waals surface area contributed by atoms with E-state index in [-0.39, 0.29) is 5.54 Å². The Balaban J connectivity index is 1.70. The quantitative estimate of drug-likeness (QED) is 0.894. The van der Waals surface area contributed by atoms with Crippen molar-refractivity contribution >= 4 is 11.8 Å². The van der Waals surface area contributed by atoms with Gasteiger partial charge in [-0.2, -0.15) is 11.8 Å². The fraction of sp³-hybridized carbons (Fsp3) is 0.571. The molecule has 3 rings (SSSR count). The molecule has 0 radical (unpaired) electrons. The lowest BCUT2D eigenvalue weighted by Gasteiger charge is -2.23. The molecule has 17 heavy (non-hydrogen) atoms. The van der Waals surface area contributed by atoms with Gasteiger partial charge in [0.15, 0.2) is 0 Å². The topological polar surface area (TPSA) is 35.2 Å². The first-order valence-corrected chi connectivity index (χ1v) is 7.56. The standard InChI is InChI=1S/C14H19NOS/c15-14(6-7-14)11-2-1-3-13(10-11)16-12-4-8-17-9-5-12/h1-3,10,12H,4-9,15H2. The third-order valence-electron chi connectivity index (χ3n) is 3.67. The minimum Gasteiger partial charge on any atom is -0.490 e. The van der Waals surface area contributed by atoms with Crippen LogP contribution >= 0.6 is 11.8 Å². The number of thioether (sulfide) groups is 1. The first-order valence-electron chi connectivity index (χ1n) is 6.40. The van der Waals surface area contributed by atoms with E-state index in [1.54, 1.807) is 0 Å². The van der Waals surface area contributed by atoms with E-state index in [1.807, 2.05) is 11.8 Å². The van der Waals surface area contributed by atoms with E-state index in [9.17, 15) is 0 Å². The highest BCUT2D eigenvalue weighted by atomic mass is 32.2. The first-order chi connectivity index (χ1) is 8.26. The Kier molecular flexibility index (Phi) is 3.05. The molecule has 1 heterocycles. The Labute approximate surface area is 107 Å². The van der Waals surface area contributed by atoms with E-state index in [0.717, 1.165) is 18.6 Å². The van der Waals surface area contributed by atoms with Gasteiger partial charge in [-0.3, -0.25) is 0 Å². The van der Waals surface area contributed by atoms with Gasteiger partial charge in [0.2, 0.25) is 0 Å². The molecule has 0 spiro atoms. The molecule has 2 nitrogen and oxygen atoms in total. The third-order valence-corrected chi connectivity index (χ3v) is 4.72. The Hall–Kier alpha value is -0.670. The molecule has 92 valence electrons. The number of nitrogens with two attached hydrogens (primary N) is 1. The van der Waals surface area contributed by atoms with Gasteiger partial charge >= 0.3 is 0 Å². The van der Waals surface area contributed by atoms with Crippen molar-refractivity contribution in [3.8, 4) is 5.75 Å². The average molecular weight is 249 g/mol. The smallest absolute Gasteiger partial charge is 0.120 e. The molecule has 1 saturated heterocycles. The second-order valence-electron chi connectivity index (χ2n) is 5.11. The minimum absolute atomic E-state index is 0.0538. The van der Waals surface area contributed by atoms with E-state index in [1.165, 1.54) is 29.9 Å². The van der Waals surface area contributed by atoms with Gasteiger partial charge in [0.05, 0.1) is 0 Å². The molecule has 0 unspecified atom stereocenters. The van der Waals surface area contributed by atoms with E-state index < -0.39 is 0 Å². The molecule has 0 atom stereocenters. The summed E-state index contributed by atoms with van der Waals surface area (Å²) in [4.78, 5) is 0. The lowest BCUT2D eigenvalue weighted by Crippen LogP contribution is -2.23. The van der Waals surface area contributed by atoms with Crippen molar-refractivity contribution in [3.63, 3.8) is 0 Å². The number of ether oxygens (including phenoxy) is 1. The van der Waals surface area contributed by atoms with Crippen LogP contribution < -0.4 is 10.5 Å². The number of hydrogen-bond acceptors (Lipinski definition) is 3. The van der Waals surface area contributed by atoms with Crippen LogP contribution in [0.5, 0.6) is 5.75 Å². The predicted octanol–water partition coefficient (Wildman–Crippen LogP) is 2.91. The molecular weight excluding hydrogens is 230 g/mol. The largest absolute Gasteiger partial charge is 0.490 e. The molecule has 2 aliphatic rings. The van der Waals surface area contributed by atoms with Crippen molar-refractivity contribution in [2.24, 2.45) is 5.73 Å². The third kappa shape index (κ3) is 2.61. The molecule has 1 aromatic carbocycles. The molecule has 2 fully saturated rings. The summed E-state index contributed by atoms with van der Waals surface area (Å²) in [7, 11) is 0. The summed E-state index contributed by atoms with van der Waals surface area (Å²) in [6, 6.07) is 8.37. The molecular formula is C14H19NOS. The Morgan fingerprint density at radius 2 is 2.00 bits per heavy atom. The van der Waals surface area contributed by atoms with Crippen molar-refractivity contribution in [2.75, 3.05) is 11.5 Å². The Morgan fingerprint density at radius 1 is 1.24 bits per heavy atom. The van der Waals surface area contributed by atoms with Gasteiger partial charge in [-0.05, 0) is 54.9 Å². The van der Waals surface area contributed by atoms with Crippen LogP contribution in [0.25, 0.3) is 0 Å². The van der Waals surface area contributed by atoms with Crippen LogP contribution in [-0.4, -0.2) is 17.6 Å². The summed E-state index contributed by atoms with van der Waals surface area (Å²) >= 11 is 2.03. The maximum absolute atomic E-state index is 6.21. The van der Waals surface area contributed by atoms with Gasteiger partial charge < -0.3 is 10.5 Å². The van der Waals surface area contributed by atoms with E-state index in [4.69, 9.17) is 10.5 Å². The highest BCUT2D eigenvalue weighted by molar-refractivity contribution is 7.99. The summed E-state index contributed by atoms with van der Waals surface area (Å²) in [6.07, 6.45) is 4.96. The molecule has 0 aromatic heterocycles. The SMILES string of the molecule is NC1(c2cccc(OC3CCSCC3)c2)CC1. The summed E-state index contributed by atoms with van der Waals surface area (Å²) < 4.78 is 6.05. The van der Waals surface area contributed by atoms with Gasteiger partial charge in [-0.15, -0.1) is 0 Å². The minimum atomic E-state index is -0.0538. The average Bonchev–Trinajstić information content (AvgIpc) is 3.11. The van der Waals surface area contributed by atoms with E-state index in [2.05, 4.69) is 24.3 Å². The maximum Gasteiger partial charge on any atom is 0.120 e. The molecule has 3 heteroatoms. The van der Waals surface area contributed by atoms with Gasteiger partial charge in [0, 0.05) is 5.54 Å². The fourth-order valence-corrected chi connectivity index (χ4v) is 3.35. The number of hydrogen-bond donors (Lipinski definition) is 1. The molecule has 1 saturated carbocycles. The first kappa shape index (κ1) is 11.4. The molecule has 0 amide bonds. The summed E-state index contributed by atoms with van der Waals surface area (Å²) in [6.45, 7) is 0. The van der Waals surface area contributed by atoms with Crippen molar-refractivity contribution in [3.05, 3.63) is 29.8 Å². The summed E-state index contributed by atoms with van der Waals surface area (Å²) in [5.74, 6) is 3.45. The van der Waals surface area contributed by atoms with E-state index >= 15 is 0 Å². The van der Waals surface area contributed by atoms with Crippen LogP contribution in [0.3, 0.4) is 0 Å². The lowest BCUT2D eigenvalue weighted by atomic mass is 10.1. The van der Waals surface area contributed by atoms with Crippen LogP contribution in [0.1, 0.15) is 31.2 Å². The molecule has 1 aliphatic carbocycles. The second kappa shape index (κ2) is 4.54. The summed E-state index contributed by atoms with van der Waals surface area (Å²) in [5, 5.41) is 0. The van der Waals surface area contributed by atoms with Crippen molar-refractivity contribution in [2.45, 2.75) is 37.3 Å². The maximum atomic E-state index is 6.21. The Bertz CT molecular complexity index is 397. The van der Waals surface area contributed by atoms with Crippen molar-refractivity contribution < 1.29 is 4.74 Å². The Morgan fingerprint density at radius 3 is 2.71 bits per heavy atom. The predicted molar refractivity (Wildman–Crippen MR) is 72.5 cm³/mol. The highest BCUT2D eigenvalue weighted by Gasteiger charge is 2.40. The zero-order chi connectivity index (χ0) is 11.7. The molecule has 1 aromatic rings. The molecule has 2 N–H and O–H groups in total. The van der Waals surface area contributed by atoms with Crippen molar-refractivity contribution in [1.29, 1.82) is 0 Å². The highest BCUT2D eigenvalue weighted by Crippen LogP contribution is 2.43. The zero-order valence-corrected chi connectivity index (χ0v) is 10.8. The van der Waals surface area contributed by atoms with Gasteiger partial charge in [0.25, 0.3) is 0 Å². The normalized spacial score (nSPS) is 23.4. The number of benzene rings is 1. The number of rotatable bonds is 3. The van der Waals surface area contributed by atoms with Crippen molar-refractivity contribution in [1.82, 2.24) is 0 Å². The van der Waals surface area contributed by atoms with Gasteiger partial charge in [-0.1, -0.05) is 12.1 Å². The van der Waals surface area contributed by atoms with Gasteiger partial charge in [-0.25, -0.2) is 0 Å². The second-order valence-corrected chi connectivity index (χ2v) is 6.34. The van der Waals surface area contributed by atoms with Crippen LogP contribution in [0.15, 0.2) is 24.3 Å². The van der Waals surface area contributed by atoms with Crippen LogP contribution in [0.4, 0.5) is 0 Å². The van der Waals surface area contributed by atoms with Crippen LogP contribution in [0, 0.1) is 0 Å². The van der Waals surface area contributed by atoms with E-state index in [0.29, 0.717) is 6.10 Å². The molecule has 0 bridgehead atoms. The van der Waals surface area contributed by atoms with Crippen LogP contribution in [0.2, 0.25) is 0 Å². The summed E-state index contributed by atoms with van der Waals surface area (Å²) in [5.41, 5.74) is 7.39. The van der Waals surface area contributed by atoms with Crippen LogP contribution in [-0.2, 0) is 5.54 Å². The molecule has 1 aliphatic heterocycles. The fourth-order valence-electron chi connectivity index (χ4n) is 2.29. The zero-order valence-electron chi connectivity index (χ0n) is 10.0.